The molecule has 2 aromatic heterocycles. The lowest BCUT2D eigenvalue weighted by Crippen LogP contribution is -1.91. The molecule has 0 aliphatic carbocycles. The topological polar surface area (TPSA) is 42.9 Å². The lowest BCUT2D eigenvalue weighted by atomic mass is 10.0. The van der Waals surface area contributed by atoms with Gasteiger partial charge in [-0.2, -0.15) is 0 Å². The van der Waals surface area contributed by atoms with Crippen molar-refractivity contribution < 1.29 is 4.21 Å². The minimum absolute atomic E-state index is 0.825. The third kappa shape index (κ3) is 2.97. The van der Waals surface area contributed by atoms with Gasteiger partial charge in [-0.3, -0.25) is 14.2 Å². The van der Waals surface area contributed by atoms with E-state index in [1.807, 2.05) is 61.7 Å². The number of pyridine rings is 2. The Kier molecular flexibility index (Phi) is 4.11. The minimum atomic E-state index is -0.963. The molecule has 0 radical (unpaired) electrons. The van der Waals surface area contributed by atoms with Gasteiger partial charge in [-0.25, -0.2) is 0 Å². The Morgan fingerprint density at radius 2 is 1.64 bits per heavy atom. The first-order chi connectivity index (χ1) is 10.6. The van der Waals surface area contributed by atoms with Crippen LogP contribution in [0.25, 0.3) is 22.4 Å². The summed E-state index contributed by atoms with van der Waals surface area (Å²) in [6.07, 6.45) is 5.31. The number of rotatable bonds is 3. The Balaban J connectivity index is 2.08. The average Bonchev–Trinajstić information content (AvgIpc) is 2.56. The van der Waals surface area contributed by atoms with E-state index in [1.54, 1.807) is 12.5 Å². The SMILES string of the molecule is Cc1ccc(-c2ncccc2-c2ccc(S(C)=O)cc2)cn1. The van der Waals surface area contributed by atoms with Gasteiger partial charge >= 0.3 is 0 Å². The van der Waals surface area contributed by atoms with Gasteiger partial charge in [0.15, 0.2) is 0 Å². The summed E-state index contributed by atoms with van der Waals surface area (Å²) < 4.78 is 11.5. The third-order valence-electron chi connectivity index (χ3n) is 3.49. The van der Waals surface area contributed by atoms with E-state index >= 15 is 0 Å². The normalized spacial score (nSPS) is 12.1. The number of benzene rings is 1. The van der Waals surface area contributed by atoms with E-state index in [-0.39, 0.29) is 0 Å². The van der Waals surface area contributed by atoms with Crippen LogP contribution in [0.1, 0.15) is 5.69 Å². The zero-order valence-corrected chi connectivity index (χ0v) is 13.3. The molecule has 22 heavy (non-hydrogen) atoms. The maximum atomic E-state index is 11.5. The van der Waals surface area contributed by atoms with Crippen LogP contribution in [0.5, 0.6) is 0 Å². The van der Waals surface area contributed by atoms with Gasteiger partial charge in [0.1, 0.15) is 0 Å². The van der Waals surface area contributed by atoms with Gasteiger partial charge in [0.05, 0.1) is 5.69 Å². The fourth-order valence-corrected chi connectivity index (χ4v) is 2.82. The highest BCUT2D eigenvalue weighted by Gasteiger charge is 2.09. The Morgan fingerprint density at radius 1 is 0.909 bits per heavy atom. The Bertz CT molecular complexity index is 811. The standard InChI is InChI=1S/C18H16N2OS/c1-13-5-6-15(12-20-13)18-17(4-3-11-19-18)14-7-9-16(10-8-14)22(2)21/h3-12H,1-2H3. The van der Waals surface area contributed by atoms with Gasteiger partial charge in [0.25, 0.3) is 0 Å². The van der Waals surface area contributed by atoms with Crippen molar-refractivity contribution in [3.05, 3.63) is 66.6 Å². The first-order valence-electron chi connectivity index (χ1n) is 6.97. The molecule has 3 nitrogen and oxygen atoms in total. The van der Waals surface area contributed by atoms with E-state index < -0.39 is 10.8 Å². The van der Waals surface area contributed by atoms with Gasteiger partial charge in [-0.15, -0.1) is 0 Å². The van der Waals surface area contributed by atoms with Crippen LogP contribution >= 0.6 is 0 Å². The summed E-state index contributed by atoms with van der Waals surface area (Å²) in [6, 6.07) is 15.7. The molecule has 0 saturated carbocycles. The van der Waals surface area contributed by atoms with Crippen LogP contribution in [0.15, 0.2) is 65.8 Å². The maximum absolute atomic E-state index is 11.5. The molecule has 4 heteroatoms. The monoisotopic (exact) mass is 308 g/mol. The number of nitrogens with zero attached hydrogens (tertiary/aromatic N) is 2. The number of hydrogen-bond donors (Lipinski definition) is 0. The molecule has 0 fully saturated rings. The Hall–Kier alpha value is -2.33. The molecule has 1 aromatic carbocycles. The first kappa shape index (κ1) is 14.6. The largest absolute Gasteiger partial charge is 0.261 e. The van der Waals surface area contributed by atoms with Crippen molar-refractivity contribution in [1.82, 2.24) is 9.97 Å². The van der Waals surface area contributed by atoms with Gasteiger partial charge in [-0.1, -0.05) is 18.2 Å². The minimum Gasteiger partial charge on any atom is -0.261 e. The Labute approximate surface area is 132 Å². The van der Waals surface area contributed by atoms with Gasteiger partial charge in [-0.05, 0) is 42.8 Å². The average molecular weight is 308 g/mol. The summed E-state index contributed by atoms with van der Waals surface area (Å²) in [5.74, 6) is 0. The van der Waals surface area contributed by atoms with E-state index in [2.05, 4.69) is 9.97 Å². The highest BCUT2D eigenvalue weighted by molar-refractivity contribution is 7.84. The van der Waals surface area contributed by atoms with E-state index in [0.717, 1.165) is 33.0 Å². The summed E-state index contributed by atoms with van der Waals surface area (Å²) in [4.78, 5) is 9.69. The molecule has 0 N–H and O–H groups in total. The van der Waals surface area contributed by atoms with Crippen LogP contribution in [-0.2, 0) is 10.8 Å². The van der Waals surface area contributed by atoms with Gasteiger partial charge < -0.3 is 0 Å². The molecule has 0 saturated heterocycles. The molecule has 1 atom stereocenters. The number of hydrogen-bond acceptors (Lipinski definition) is 3. The predicted molar refractivity (Wildman–Crippen MR) is 90.0 cm³/mol. The van der Waals surface area contributed by atoms with Crippen LogP contribution in [0.3, 0.4) is 0 Å². The molecule has 0 amide bonds. The fraction of sp³-hybridized carbons (Fsp3) is 0.111. The second kappa shape index (κ2) is 6.20. The fourth-order valence-electron chi connectivity index (χ4n) is 2.30. The van der Waals surface area contributed by atoms with Crippen molar-refractivity contribution in [2.75, 3.05) is 6.26 Å². The zero-order valence-electron chi connectivity index (χ0n) is 12.5. The van der Waals surface area contributed by atoms with Crippen LogP contribution in [0.2, 0.25) is 0 Å². The quantitative estimate of drug-likeness (QED) is 0.738. The number of aryl methyl sites for hydroxylation is 1. The van der Waals surface area contributed by atoms with E-state index in [1.165, 1.54) is 0 Å². The van der Waals surface area contributed by atoms with E-state index in [4.69, 9.17) is 0 Å². The van der Waals surface area contributed by atoms with Gasteiger partial charge in [0, 0.05) is 51.2 Å². The van der Waals surface area contributed by atoms with Crippen LogP contribution in [-0.4, -0.2) is 20.4 Å². The molecule has 110 valence electrons. The molecular formula is C18H16N2OS. The second-order valence-electron chi connectivity index (χ2n) is 5.07. The van der Waals surface area contributed by atoms with Crippen LogP contribution in [0.4, 0.5) is 0 Å². The van der Waals surface area contributed by atoms with Crippen molar-refractivity contribution in [2.45, 2.75) is 11.8 Å². The van der Waals surface area contributed by atoms with Crippen molar-refractivity contribution >= 4 is 10.8 Å². The summed E-state index contributed by atoms with van der Waals surface area (Å²) in [7, 11) is -0.963. The molecule has 0 aliphatic heterocycles. The number of aromatic nitrogens is 2. The second-order valence-corrected chi connectivity index (χ2v) is 6.45. The molecule has 0 spiro atoms. The van der Waals surface area contributed by atoms with Crippen molar-refractivity contribution in [3.8, 4) is 22.4 Å². The summed E-state index contributed by atoms with van der Waals surface area (Å²) in [5, 5.41) is 0. The predicted octanol–water partition coefficient (Wildman–Crippen LogP) is 3.86. The molecule has 0 aliphatic rings. The van der Waals surface area contributed by atoms with Crippen LogP contribution in [0, 0.1) is 6.92 Å². The third-order valence-corrected chi connectivity index (χ3v) is 4.43. The highest BCUT2D eigenvalue weighted by atomic mass is 32.2. The van der Waals surface area contributed by atoms with E-state index in [9.17, 15) is 4.21 Å². The molecule has 3 rings (SSSR count). The van der Waals surface area contributed by atoms with Crippen molar-refractivity contribution in [3.63, 3.8) is 0 Å². The highest BCUT2D eigenvalue weighted by Crippen LogP contribution is 2.30. The smallest absolute Gasteiger partial charge is 0.0795 e. The lowest BCUT2D eigenvalue weighted by molar-refractivity contribution is 0.687. The first-order valence-corrected chi connectivity index (χ1v) is 8.53. The van der Waals surface area contributed by atoms with Gasteiger partial charge in [0.2, 0.25) is 0 Å². The molecule has 1 unspecified atom stereocenters. The van der Waals surface area contributed by atoms with E-state index in [0.29, 0.717) is 0 Å². The lowest BCUT2D eigenvalue weighted by Gasteiger charge is -2.09. The maximum Gasteiger partial charge on any atom is 0.0795 e. The molecule has 3 aromatic rings. The summed E-state index contributed by atoms with van der Waals surface area (Å²) in [6.45, 7) is 1.96. The van der Waals surface area contributed by atoms with Crippen LogP contribution < -0.4 is 0 Å². The molecule has 2 heterocycles. The zero-order chi connectivity index (χ0) is 15.5. The van der Waals surface area contributed by atoms with Crippen molar-refractivity contribution in [2.24, 2.45) is 0 Å². The summed E-state index contributed by atoms with van der Waals surface area (Å²) in [5.41, 5.74) is 4.97. The van der Waals surface area contributed by atoms with Crippen molar-refractivity contribution in [1.29, 1.82) is 0 Å². The molecule has 0 bridgehead atoms. The Morgan fingerprint density at radius 3 is 2.27 bits per heavy atom. The summed E-state index contributed by atoms with van der Waals surface area (Å²) >= 11 is 0. The molecular weight excluding hydrogens is 292 g/mol.